The van der Waals surface area contributed by atoms with Gasteiger partial charge in [-0.1, -0.05) is 18.2 Å². The number of carbonyl (C=O) groups is 2. The van der Waals surface area contributed by atoms with Crippen LogP contribution in [0.5, 0.6) is 0 Å². The Kier molecular flexibility index (Phi) is 5.71. The summed E-state index contributed by atoms with van der Waals surface area (Å²) in [6.45, 7) is 0.300. The van der Waals surface area contributed by atoms with Crippen LogP contribution in [0.25, 0.3) is 5.69 Å². The molecule has 1 aromatic heterocycles. The van der Waals surface area contributed by atoms with E-state index in [2.05, 4.69) is 15.2 Å². The zero-order chi connectivity index (χ0) is 15.8. The molecule has 6 nitrogen and oxygen atoms in total. The molecule has 0 unspecified atom stereocenters. The molecule has 0 spiro atoms. The molecule has 6 heteroatoms. The molecular formula is C16H19N3O3. The quantitative estimate of drug-likeness (QED) is 0.786. The van der Waals surface area contributed by atoms with Crippen molar-refractivity contribution < 1.29 is 14.3 Å². The van der Waals surface area contributed by atoms with Crippen molar-refractivity contribution in [3.05, 3.63) is 48.3 Å². The number of carbonyl (C=O) groups excluding carboxylic acids is 2. The first kappa shape index (κ1) is 15.8. The van der Waals surface area contributed by atoms with Gasteiger partial charge in [-0.15, -0.1) is 0 Å². The molecule has 2 rings (SSSR count). The van der Waals surface area contributed by atoms with Crippen LogP contribution >= 0.6 is 0 Å². The highest BCUT2D eigenvalue weighted by Gasteiger charge is 2.06. The lowest BCUT2D eigenvalue weighted by molar-refractivity contribution is -0.140. The second-order valence-electron chi connectivity index (χ2n) is 4.80. The summed E-state index contributed by atoms with van der Waals surface area (Å²) in [5, 5.41) is 6.97. The predicted molar refractivity (Wildman–Crippen MR) is 81.5 cm³/mol. The van der Waals surface area contributed by atoms with Crippen molar-refractivity contribution in [1.82, 2.24) is 15.1 Å². The average molecular weight is 301 g/mol. The number of nitrogens with one attached hydrogen (secondary N) is 1. The number of ether oxygens (including phenoxy) is 1. The SMILES string of the molecule is COC(=O)CCNC(=O)CCc1cnn(-c2ccccc2)c1. The first-order valence-electron chi connectivity index (χ1n) is 7.11. The highest BCUT2D eigenvalue weighted by atomic mass is 16.5. The Morgan fingerprint density at radius 1 is 1.23 bits per heavy atom. The van der Waals surface area contributed by atoms with Crippen molar-refractivity contribution in [1.29, 1.82) is 0 Å². The van der Waals surface area contributed by atoms with Crippen LogP contribution in [-0.2, 0) is 20.7 Å². The predicted octanol–water partition coefficient (Wildman–Crippen LogP) is 1.48. The topological polar surface area (TPSA) is 73.2 Å². The Morgan fingerprint density at radius 3 is 2.73 bits per heavy atom. The largest absolute Gasteiger partial charge is 0.469 e. The Labute approximate surface area is 129 Å². The second-order valence-corrected chi connectivity index (χ2v) is 4.80. The molecule has 1 heterocycles. The van der Waals surface area contributed by atoms with Gasteiger partial charge in [0.15, 0.2) is 0 Å². The number of esters is 1. The van der Waals surface area contributed by atoms with E-state index in [9.17, 15) is 9.59 Å². The number of para-hydroxylation sites is 1. The molecule has 1 amide bonds. The summed E-state index contributed by atoms with van der Waals surface area (Å²) < 4.78 is 6.29. The molecule has 0 aliphatic carbocycles. The van der Waals surface area contributed by atoms with Gasteiger partial charge in [0.25, 0.3) is 0 Å². The van der Waals surface area contributed by atoms with E-state index in [1.165, 1.54) is 7.11 Å². The van der Waals surface area contributed by atoms with Crippen LogP contribution in [0.4, 0.5) is 0 Å². The van der Waals surface area contributed by atoms with Gasteiger partial charge >= 0.3 is 5.97 Å². The lowest BCUT2D eigenvalue weighted by Crippen LogP contribution is -2.26. The first-order valence-corrected chi connectivity index (χ1v) is 7.11. The van der Waals surface area contributed by atoms with E-state index in [4.69, 9.17) is 0 Å². The van der Waals surface area contributed by atoms with Crippen molar-refractivity contribution in [3.63, 3.8) is 0 Å². The molecule has 0 radical (unpaired) electrons. The van der Waals surface area contributed by atoms with Crippen LogP contribution in [0.2, 0.25) is 0 Å². The van der Waals surface area contributed by atoms with Gasteiger partial charge in [0.2, 0.25) is 5.91 Å². The fraction of sp³-hybridized carbons (Fsp3) is 0.312. The second kappa shape index (κ2) is 7.97. The molecule has 1 N–H and O–H groups in total. The van der Waals surface area contributed by atoms with Crippen molar-refractivity contribution in [3.8, 4) is 5.69 Å². The monoisotopic (exact) mass is 301 g/mol. The van der Waals surface area contributed by atoms with E-state index in [1.54, 1.807) is 10.9 Å². The van der Waals surface area contributed by atoms with E-state index in [0.29, 0.717) is 19.4 Å². The maximum absolute atomic E-state index is 11.7. The third kappa shape index (κ3) is 4.73. The number of hydrogen-bond acceptors (Lipinski definition) is 4. The van der Waals surface area contributed by atoms with Gasteiger partial charge in [0.1, 0.15) is 0 Å². The molecule has 0 saturated carbocycles. The van der Waals surface area contributed by atoms with Crippen LogP contribution in [0.15, 0.2) is 42.7 Å². The molecule has 0 aliphatic heterocycles. The third-order valence-corrected chi connectivity index (χ3v) is 3.18. The normalized spacial score (nSPS) is 10.2. The molecule has 22 heavy (non-hydrogen) atoms. The van der Waals surface area contributed by atoms with Crippen molar-refractivity contribution >= 4 is 11.9 Å². The Bertz CT molecular complexity index is 623. The Hall–Kier alpha value is -2.63. The molecule has 0 saturated heterocycles. The molecular weight excluding hydrogens is 282 g/mol. The number of aryl methyl sites for hydroxylation is 1. The van der Waals surface area contributed by atoms with E-state index in [0.717, 1.165) is 11.3 Å². The van der Waals surface area contributed by atoms with Crippen LogP contribution < -0.4 is 5.32 Å². The minimum Gasteiger partial charge on any atom is -0.469 e. The summed E-state index contributed by atoms with van der Waals surface area (Å²) in [6, 6.07) is 9.79. The summed E-state index contributed by atoms with van der Waals surface area (Å²) >= 11 is 0. The fourth-order valence-electron chi connectivity index (χ4n) is 1.96. The number of aromatic nitrogens is 2. The van der Waals surface area contributed by atoms with Crippen molar-refractivity contribution in [2.75, 3.05) is 13.7 Å². The van der Waals surface area contributed by atoms with Gasteiger partial charge in [-0.2, -0.15) is 5.10 Å². The first-order chi connectivity index (χ1) is 10.7. The van der Waals surface area contributed by atoms with Crippen LogP contribution in [-0.4, -0.2) is 35.3 Å². The van der Waals surface area contributed by atoms with Gasteiger partial charge < -0.3 is 10.1 Å². The van der Waals surface area contributed by atoms with E-state index in [1.807, 2.05) is 36.5 Å². The standard InChI is InChI=1S/C16H19N3O3/c1-22-16(21)9-10-17-15(20)8-7-13-11-18-19(12-13)14-5-3-2-4-6-14/h2-6,11-12H,7-10H2,1H3,(H,17,20). The van der Waals surface area contributed by atoms with Gasteiger partial charge in [-0.05, 0) is 24.1 Å². The van der Waals surface area contributed by atoms with Crippen LogP contribution in [0.1, 0.15) is 18.4 Å². The van der Waals surface area contributed by atoms with Crippen molar-refractivity contribution in [2.24, 2.45) is 0 Å². The zero-order valence-electron chi connectivity index (χ0n) is 12.5. The smallest absolute Gasteiger partial charge is 0.307 e. The minimum absolute atomic E-state index is 0.0867. The van der Waals surface area contributed by atoms with E-state index < -0.39 is 0 Å². The number of amides is 1. The average Bonchev–Trinajstić information content (AvgIpc) is 3.02. The summed E-state index contributed by atoms with van der Waals surface area (Å²) in [5.41, 5.74) is 1.98. The number of nitrogens with zero attached hydrogens (tertiary/aromatic N) is 2. The fourth-order valence-corrected chi connectivity index (χ4v) is 1.96. The number of rotatable bonds is 7. The van der Waals surface area contributed by atoms with Crippen molar-refractivity contribution in [2.45, 2.75) is 19.3 Å². The minimum atomic E-state index is -0.329. The van der Waals surface area contributed by atoms with Crippen LogP contribution in [0, 0.1) is 0 Å². The number of hydrogen-bond donors (Lipinski definition) is 1. The molecule has 0 fully saturated rings. The Morgan fingerprint density at radius 2 is 2.00 bits per heavy atom. The third-order valence-electron chi connectivity index (χ3n) is 3.18. The summed E-state index contributed by atoms with van der Waals surface area (Å²) in [6.07, 6.45) is 4.83. The zero-order valence-corrected chi connectivity index (χ0v) is 12.5. The lowest BCUT2D eigenvalue weighted by Gasteiger charge is -2.03. The van der Waals surface area contributed by atoms with Gasteiger partial charge in [0.05, 0.1) is 25.4 Å². The number of benzene rings is 1. The lowest BCUT2D eigenvalue weighted by atomic mass is 10.2. The Balaban J connectivity index is 1.77. The van der Waals surface area contributed by atoms with Gasteiger partial charge in [-0.25, -0.2) is 4.68 Å². The van der Waals surface area contributed by atoms with E-state index >= 15 is 0 Å². The van der Waals surface area contributed by atoms with Crippen LogP contribution in [0.3, 0.4) is 0 Å². The maximum Gasteiger partial charge on any atom is 0.307 e. The highest BCUT2D eigenvalue weighted by molar-refractivity contribution is 5.77. The van der Waals surface area contributed by atoms with Gasteiger partial charge in [0, 0.05) is 19.2 Å². The molecule has 0 atom stereocenters. The van der Waals surface area contributed by atoms with Gasteiger partial charge in [-0.3, -0.25) is 9.59 Å². The molecule has 1 aromatic carbocycles. The molecule has 116 valence electrons. The summed E-state index contributed by atoms with van der Waals surface area (Å²) in [5.74, 6) is -0.416. The van der Waals surface area contributed by atoms with E-state index in [-0.39, 0.29) is 18.3 Å². The molecule has 2 aromatic rings. The summed E-state index contributed by atoms with van der Waals surface area (Å²) in [4.78, 5) is 22.6. The highest BCUT2D eigenvalue weighted by Crippen LogP contribution is 2.09. The molecule has 0 bridgehead atoms. The molecule has 0 aliphatic rings. The summed E-state index contributed by atoms with van der Waals surface area (Å²) in [7, 11) is 1.33. The maximum atomic E-state index is 11.7. The number of methoxy groups -OCH3 is 1.